The summed E-state index contributed by atoms with van der Waals surface area (Å²) in [6.07, 6.45) is 1.20. The molecule has 21 heavy (non-hydrogen) atoms. The zero-order chi connectivity index (χ0) is 14.6. The molecule has 0 saturated carbocycles. The quantitative estimate of drug-likeness (QED) is 0.474. The molecule has 5 heteroatoms. The van der Waals surface area contributed by atoms with E-state index in [0.717, 1.165) is 31.2 Å². The Balaban J connectivity index is 0.00000220. The molecular weight excluding hydrogens is 375 g/mol. The van der Waals surface area contributed by atoms with E-state index in [2.05, 4.69) is 35.1 Å². The van der Waals surface area contributed by atoms with Crippen molar-refractivity contribution in [2.75, 3.05) is 20.1 Å². The number of hydrogen-bond donors (Lipinski definition) is 1. The van der Waals surface area contributed by atoms with E-state index in [4.69, 9.17) is 5.26 Å². The summed E-state index contributed by atoms with van der Waals surface area (Å²) in [4.78, 5) is 6.67. The van der Waals surface area contributed by atoms with Crippen molar-refractivity contribution < 1.29 is 0 Å². The first kappa shape index (κ1) is 17.8. The molecule has 0 amide bonds. The highest BCUT2D eigenvalue weighted by molar-refractivity contribution is 14.0. The summed E-state index contributed by atoms with van der Waals surface area (Å²) in [6.45, 7) is 7.41. The highest BCUT2D eigenvalue weighted by Gasteiger charge is 2.30. The van der Waals surface area contributed by atoms with Crippen LogP contribution in [-0.4, -0.2) is 31.0 Å². The zero-order valence-electron chi connectivity index (χ0n) is 12.9. The van der Waals surface area contributed by atoms with Gasteiger partial charge in [0, 0.05) is 26.7 Å². The standard InChI is InChI=1S/C16H22N4.HI/c1-16(2)8-9-20(12-16)15(18-3)19-11-14-6-4-13(10-17)5-7-14;/h4-7H,8-9,11-12H2,1-3H3,(H,18,19);1H. The van der Waals surface area contributed by atoms with Crippen LogP contribution in [0.5, 0.6) is 0 Å². The van der Waals surface area contributed by atoms with E-state index in [-0.39, 0.29) is 24.0 Å². The summed E-state index contributed by atoms with van der Waals surface area (Å²) >= 11 is 0. The molecule has 1 aliphatic heterocycles. The van der Waals surface area contributed by atoms with Crippen molar-refractivity contribution in [2.24, 2.45) is 10.4 Å². The SMILES string of the molecule is CN=C(NCc1ccc(C#N)cc1)N1CCC(C)(C)C1.I. The minimum Gasteiger partial charge on any atom is -0.352 e. The lowest BCUT2D eigenvalue weighted by atomic mass is 9.93. The van der Waals surface area contributed by atoms with Crippen molar-refractivity contribution in [1.29, 1.82) is 5.26 Å². The second kappa shape index (κ2) is 7.64. The highest BCUT2D eigenvalue weighted by atomic mass is 127. The van der Waals surface area contributed by atoms with Crippen molar-refractivity contribution >= 4 is 29.9 Å². The molecular formula is C16H23IN4. The molecule has 1 heterocycles. The molecule has 114 valence electrons. The van der Waals surface area contributed by atoms with Gasteiger partial charge in [0.15, 0.2) is 5.96 Å². The summed E-state index contributed by atoms with van der Waals surface area (Å²) in [7, 11) is 1.83. The van der Waals surface area contributed by atoms with Crippen LogP contribution in [-0.2, 0) is 6.54 Å². The Bertz CT molecular complexity index is 528. The Morgan fingerprint density at radius 3 is 2.52 bits per heavy atom. The number of rotatable bonds is 2. The van der Waals surface area contributed by atoms with Crippen molar-refractivity contribution in [2.45, 2.75) is 26.8 Å². The van der Waals surface area contributed by atoms with Gasteiger partial charge in [-0.3, -0.25) is 4.99 Å². The molecule has 1 aromatic rings. The van der Waals surface area contributed by atoms with E-state index in [1.54, 1.807) is 0 Å². The molecule has 1 aliphatic rings. The summed E-state index contributed by atoms with van der Waals surface area (Å²) < 4.78 is 0. The van der Waals surface area contributed by atoms with E-state index < -0.39 is 0 Å². The smallest absolute Gasteiger partial charge is 0.193 e. The highest BCUT2D eigenvalue weighted by Crippen LogP contribution is 2.28. The molecule has 0 unspecified atom stereocenters. The second-order valence-corrected chi connectivity index (χ2v) is 6.05. The van der Waals surface area contributed by atoms with Gasteiger partial charge in [0.25, 0.3) is 0 Å². The minimum absolute atomic E-state index is 0. The van der Waals surface area contributed by atoms with Gasteiger partial charge >= 0.3 is 0 Å². The molecule has 1 fully saturated rings. The van der Waals surface area contributed by atoms with Gasteiger partial charge < -0.3 is 10.2 Å². The lowest BCUT2D eigenvalue weighted by Gasteiger charge is -2.23. The summed E-state index contributed by atoms with van der Waals surface area (Å²) in [6, 6.07) is 9.78. The third-order valence-electron chi connectivity index (χ3n) is 3.72. The van der Waals surface area contributed by atoms with Gasteiger partial charge in [-0.05, 0) is 29.5 Å². The number of nitrogens with one attached hydrogen (secondary N) is 1. The maximum absolute atomic E-state index is 8.79. The van der Waals surface area contributed by atoms with Gasteiger partial charge in [0.2, 0.25) is 0 Å². The van der Waals surface area contributed by atoms with E-state index in [0.29, 0.717) is 11.0 Å². The van der Waals surface area contributed by atoms with Crippen molar-refractivity contribution in [3.05, 3.63) is 35.4 Å². The van der Waals surface area contributed by atoms with Crippen LogP contribution >= 0.6 is 24.0 Å². The molecule has 0 bridgehead atoms. The number of guanidine groups is 1. The van der Waals surface area contributed by atoms with E-state index >= 15 is 0 Å². The molecule has 0 aliphatic carbocycles. The third-order valence-corrected chi connectivity index (χ3v) is 3.72. The first-order chi connectivity index (χ1) is 9.54. The first-order valence-corrected chi connectivity index (χ1v) is 6.99. The lowest BCUT2D eigenvalue weighted by Crippen LogP contribution is -2.40. The average Bonchev–Trinajstić information content (AvgIpc) is 2.80. The van der Waals surface area contributed by atoms with E-state index in [1.165, 1.54) is 6.42 Å². The van der Waals surface area contributed by atoms with Crippen LogP contribution in [0, 0.1) is 16.7 Å². The molecule has 1 N–H and O–H groups in total. The van der Waals surface area contributed by atoms with Crippen LogP contribution in [0.2, 0.25) is 0 Å². The van der Waals surface area contributed by atoms with Gasteiger partial charge in [0.1, 0.15) is 0 Å². The fourth-order valence-electron chi connectivity index (χ4n) is 2.50. The second-order valence-electron chi connectivity index (χ2n) is 6.05. The number of hydrogen-bond acceptors (Lipinski definition) is 2. The van der Waals surface area contributed by atoms with Gasteiger partial charge in [-0.1, -0.05) is 26.0 Å². The van der Waals surface area contributed by atoms with Crippen LogP contribution in [0.1, 0.15) is 31.4 Å². The maximum Gasteiger partial charge on any atom is 0.193 e. The normalized spacial score (nSPS) is 17.0. The Morgan fingerprint density at radius 1 is 1.38 bits per heavy atom. The van der Waals surface area contributed by atoms with Crippen LogP contribution in [0.3, 0.4) is 0 Å². The molecule has 1 aromatic carbocycles. The molecule has 4 nitrogen and oxygen atoms in total. The predicted molar refractivity (Wildman–Crippen MR) is 96.7 cm³/mol. The molecule has 0 atom stereocenters. The average molecular weight is 398 g/mol. The predicted octanol–water partition coefficient (Wildman–Crippen LogP) is 2.98. The monoisotopic (exact) mass is 398 g/mol. The molecule has 0 aromatic heterocycles. The van der Waals surface area contributed by atoms with Gasteiger partial charge in [-0.15, -0.1) is 24.0 Å². The van der Waals surface area contributed by atoms with Gasteiger partial charge in [-0.25, -0.2) is 0 Å². The van der Waals surface area contributed by atoms with Crippen LogP contribution in [0.15, 0.2) is 29.3 Å². The largest absolute Gasteiger partial charge is 0.352 e. The molecule has 0 spiro atoms. The number of benzene rings is 1. The number of halogens is 1. The maximum atomic E-state index is 8.79. The number of likely N-dealkylation sites (tertiary alicyclic amines) is 1. The minimum atomic E-state index is 0. The third kappa shape index (κ3) is 4.88. The Labute approximate surface area is 144 Å². The van der Waals surface area contributed by atoms with Crippen molar-refractivity contribution in [1.82, 2.24) is 10.2 Å². The Hall–Kier alpha value is -1.29. The summed E-state index contributed by atoms with van der Waals surface area (Å²) in [5.41, 5.74) is 2.22. The summed E-state index contributed by atoms with van der Waals surface area (Å²) in [5, 5.41) is 12.2. The molecule has 0 radical (unpaired) electrons. The topological polar surface area (TPSA) is 51.4 Å². The van der Waals surface area contributed by atoms with E-state index in [9.17, 15) is 0 Å². The number of nitrogens with zero attached hydrogens (tertiary/aromatic N) is 3. The van der Waals surface area contributed by atoms with Gasteiger partial charge in [-0.2, -0.15) is 5.26 Å². The van der Waals surface area contributed by atoms with Crippen molar-refractivity contribution in [3.63, 3.8) is 0 Å². The van der Waals surface area contributed by atoms with E-state index in [1.807, 2.05) is 31.3 Å². The van der Waals surface area contributed by atoms with Crippen LogP contribution in [0.4, 0.5) is 0 Å². The zero-order valence-corrected chi connectivity index (χ0v) is 15.2. The lowest BCUT2D eigenvalue weighted by molar-refractivity contribution is 0.370. The van der Waals surface area contributed by atoms with Crippen LogP contribution < -0.4 is 5.32 Å². The van der Waals surface area contributed by atoms with Crippen molar-refractivity contribution in [3.8, 4) is 6.07 Å². The molecule has 2 rings (SSSR count). The summed E-state index contributed by atoms with van der Waals surface area (Å²) in [5.74, 6) is 0.958. The fourth-order valence-corrected chi connectivity index (χ4v) is 2.50. The van der Waals surface area contributed by atoms with Gasteiger partial charge in [0.05, 0.1) is 11.6 Å². The van der Waals surface area contributed by atoms with Crippen LogP contribution in [0.25, 0.3) is 0 Å². The number of aliphatic imine (C=N–C) groups is 1. The molecule has 1 saturated heterocycles. The fraction of sp³-hybridized carbons (Fsp3) is 0.500. The number of nitriles is 1. The first-order valence-electron chi connectivity index (χ1n) is 6.99. The Morgan fingerprint density at radius 2 is 2.05 bits per heavy atom. The Kier molecular flexibility index (Phi) is 6.46.